The summed E-state index contributed by atoms with van der Waals surface area (Å²) in [6.45, 7) is 9.81. The van der Waals surface area contributed by atoms with E-state index in [1.54, 1.807) is 0 Å². The van der Waals surface area contributed by atoms with Crippen LogP contribution in [0.15, 0.2) is 0 Å². The minimum atomic E-state index is 0.414. The first-order chi connectivity index (χ1) is 7.33. The van der Waals surface area contributed by atoms with Crippen LogP contribution in [0.4, 0.5) is 0 Å². The van der Waals surface area contributed by atoms with Gasteiger partial charge in [-0.25, -0.2) is 0 Å². The predicted octanol–water partition coefficient (Wildman–Crippen LogP) is 1.10. The highest BCUT2D eigenvalue weighted by Crippen LogP contribution is 2.32. The second kappa shape index (κ2) is 5.28. The van der Waals surface area contributed by atoms with Crippen molar-refractivity contribution in [2.75, 3.05) is 32.8 Å². The number of rotatable bonds is 5. The lowest BCUT2D eigenvalue weighted by atomic mass is 10.2. The topological polar surface area (TPSA) is 24.5 Å². The minimum absolute atomic E-state index is 0.414. The first-order valence-corrected chi connectivity index (χ1v) is 6.40. The molecule has 1 saturated carbocycles. The Hall–Kier alpha value is -0.120. The van der Waals surface area contributed by atoms with Gasteiger partial charge < -0.3 is 10.1 Å². The molecule has 0 aromatic carbocycles. The molecule has 1 aliphatic carbocycles. The van der Waals surface area contributed by atoms with Crippen molar-refractivity contribution in [3.8, 4) is 0 Å². The van der Waals surface area contributed by atoms with E-state index in [2.05, 4.69) is 24.1 Å². The molecule has 1 heterocycles. The van der Waals surface area contributed by atoms with E-state index < -0.39 is 0 Å². The van der Waals surface area contributed by atoms with Gasteiger partial charge in [0.15, 0.2) is 0 Å². The van der Waals surface area contributed by atoms with Gasteiger partial charge in [-0.05, 0) is 18.9 Å². The van der Waals surface area contributed by atoms with Crippen LogP contribution >= 0.6 is 0 Å². The van der Waals surface area contributed by atoms with Crippen molar-refractivity contribution in [1.29, 1.82) is 0 Å². The fraction of sp³-hybridized carbons (Fsp3) is 1.00. The Morgan fingerprint density at radius 3 is 2.93 bits per heavy atom. The van der Waals surface area contributed by atoms with Crippen LogP contribution in [0, 0.1) is 5.92 Å². The molecular weight excluding hydrogens is 188 g/mol. The maximum atomic E-state index is 5.75. The first-order valence-electron chi connectivity index (χ1n) is 6.40. The Morgan fingerprint density at radius 2 is 2.27 bits per heavy atom. The van der Waals surface area contributed by atoms with Crippen molar-refractivity contribution in [3.63, 3.8) is 0 Å². The molecule has 2 rings (SSSR count). The monoisotopic (exact) mass is 212 g/mol. The number of hydrogen-bond acceptors (Lipinski definition) is 3. The summed E-state index contributed by atoms with van der Waals surface area (Å²) < 4.78 is 5.75. The number of hydrogen-bond donors (Lipinski definition) is 1. The van der Waals surface area contributed by atoms with Gasteiger partial charge in [0.1, 0.15) is 0 Å². The van der Waals surface area contributed by atoms with Crippen molar-refractivity contribution < 1.29 is 4.74 Å². The summed E-state index contributed by atoms with van der Waals surface area (Å²) in [5.41, 5.74) is 0. The standard InChI is InChI=1S/C12H24N2O/c1-3-10-7-12(10)13-8-11-9-14(4-2)5-6-15-11/h10-13H,3-9H2,1-2H3. The van der Waals surface area contributed by atoms with Gasteiger partial charge in [0, 0.05) is 25.7 Å². The Labute approximate surface area is 93.2 Å². The Kier molecular flexibility index (Phi) is 4.00. The Balaban J connectivity index is 1.62. The lowest BCUT2D eigenvalue weighted by Gasteiger charge is -2.32. The first kappa shape index (κ1) is 11.4. The van der Waals surface area contributed by atoms with E-state index in [9.17, 15) is 0 Å². The molecule has 0 aromatic heterocycles. The van der Waals surface area contributed by atoms with E-state index >= 15 is 0 Å². The van der Waals surface area contributed by atoms with E-state index in [1.807, 2.05) is 0 Å². The molecule has 1 N–H and O–H groups in total. The second-order valence-corrected chi connectivity index (χ2v) is 4.80. The van der Waals surface area contributed by atoms with Gasteiger partial charge in [-0.2, -0.15) is 0 Å². The molecule has 3 nitrogen and oxygen atoms in total. The van der Waals surface area contributed by atoms with Crippen molar-refractivity contribution in [3.05, 3.63) is 0 Å². The SMILES string of the molecule is CCC1CC1NCC1CN(CC)CCO1. The highest BCUT2D eigenvalue weighted by molar-refractivity contribution is 4.92. The summed E-state index contributed by atoms with van der Waals surface area (Å²) in [6.07, 6.45) is 3.11. The van der Waals surface area contributed by atoms with Gasteiger partial charge in [0.05, 0.1) is 12.7 Å². The van der Waals surface area contributed by atoms with E-state index in [4.69, 9.17) is 4.74 Å². The van der Waals surface area contributed by atoms with Crippen LogP contribution in [0.1, 0.15) is 26.7 Å². The molecule has 0 radical (unpaired) electrons. The molecule has 3 atom stereocenters. The maximum Gasteiger partial charge on any atom is 0.0826 e. The average Bonchev–Trinajstić information content (AvgIpc) is 3.05. The zero-order valence-corrected chi connectivity index (χ0v) is 10.0. The number of ether oxygens (including phenoxy) is 1. The van der Waals surface area contributed by atoms with Crippen LogP contribution in [0.3, 0.4) is 0 Å². The fourth-order valence-electron chi connectivity index (χ4n) is 2.42. The van der Waals surface area contributed by atoms with Gasteiger partial charge in [-0.3, -0.25) is 4.90 Å². The lowest BCUT2D eigenvalue weighted by Crippen LogP contribution is -2.46. The van der Waals surface area contributed by atoms with Crippen molar-refractivity contribution in [2.45, 2.75) is 38.8 Å². The van der Waals surface area contributed by atoms with Crippen LogP contribution in [0.25, 0.3) is 0 Å². The zero-order chi connectivity index (χ0) is 10.7. The Morgan fingerprint density at radius 1 is 1.40 bits per heavy atom. The number of likely N-dealkylation sites (N-methyl/N-ethyl adjacent to an activating group) is 1. The molecule has 1 aliphatic heterocycles. The molecule has 1 saturated heterocycles. The lowest BCUT2D eigenvalue weighted by molar-refractivity contribution is -0.0255. The van der Waals surface area contributed by atoms with E-state index in [-0.39, 0.29) is 0 Å². The van der Waals surface area contributed by atoms with Gasteiger partial charge in [0.2, 0.25) is 0 Å². The molecule has 2 aliphatic rings. The van der Waals surface area contributed by atoms with E-state index in [0.29, 0.717) is 6.10 Å². The van der Waals surface area contributed by atoms with E-state index in [0.717, 1.165) is 44.7 Å². The van der Waals surface area contributed by atoms with Gasteiger partial charge in [0.25, 0.3) is 0 Å². The van der Waals surface area contributed by atoms with Crippen LogP contribution in [-0.4, -0.2) is 49.8 Å². The maximum absolute atomic E-state index is 5.75. The number of morpholine rings is 1. The molecule has 88 valence electrons. The molecule has 3 unspecified atom stereocenters. The van der Waals surface area contributed by atoms with Crippen LogP contribution < -0.4 is 5.32 Å². The largest absolute Gasteiger partial charge is 0.374 e. The minimum Gasteiger partial charge on any atom is -0.374 e. The molecule has 15 heavy (non-hydrogen) atoms. The molecule has 2 fully saturated rings. The summed E-state index contributed by atoms with van der Waals surface area (Å²) in [5.74, 6) is 0.941. The van der Waals surface area contributed by atoms with Crippen molar-refractivity contribution in [2.24, 2.45) is 5.92 Å². The molecule has 0 bridgehead atoms. The van der Waals surface area contributed by atoms with Crippen LogP contribution in [0.2, 0.25) is 0 Å². The molecular formula is C12H24N2O. The summed E-state index contributed by atoms with van der Waals surface area (Å²) >= 11 is 0. The molecule has 0 amide bonds. The highest BCUT2D eigenvalue weighted by atomic mass is 16.5. The summed E-state index contributed by atoms with van der Waals surface area (Å²) in [6, 6.07) is 0.788. The van der Waals surface area contributed by atoms with E-state index in [1.165, 1.54) is 12.8 Å². The summed E-state index contributed by atoms with van der Waals surface area (Å²) in [4.78, 5) is 2.47. The highest BCUT2D eigenvalue weighted by Gasteiger charge is 2.35. The third-order valence-corrected chi connectivity index (χ3v) is 3.72. The predicted molar refractivity (Wildman–Crippen MR) is 62.0 cm³/mol. The van der Waals surface area contributed by atoms with Crippen LogP contribution in [0.5, 0.6) is 0 Å². The average molecular weight is 212 g/mol. The van der Waals surface area contributed by atoms with Gasteiger partial charge in [-0.1, -0.05) is 20.3 Å². The number of nitrogens with zero attached hydrogens (tertiary/aromatic N) is 1. The smallest absolute Gasteiger partial charge is 0.0826 e. The quantitative estimate of drug-likeness (QED) is 0.738. The fourth-order valence-corrected chi connectivity index (χ4v) is 2.42. The summed E-state index contributed by atoms with van der Waals surface area (Å²) in [7, 11) is 0. The third-order valence-electron chi connectivity index (χ3n) is 3.72. The molecule has 3 heteroatoms. The van der Waals surface area contributed by atoms with Gasteiger partial charge in [-0.15, -0.1) is 0 Å². The molecule has 0 aromatic rings. The second-order valence-electron chi connectivity index (χ2n) is 4.80. The normalized spacial score (nSPS) is 36.8. The number of nitrogens with one attached hydrogen (secondary N) is 1. The third kappa shape index (κ3) is 3.16. The van der Waals surface area contributed by atoms with Crippen LogP contribution in [-0.2, 0) is 4.74 Å². The van der Waals surface area contributed by atoms with Gasteiger partial charge >= 0.3 is 0 Å². The van der Waals surface area contributed by atoms with Crippen molar-refractivity contribution >= 4 is 0 Å². The molecule has 0 spiro atoms. The Bertz CT molecular complexity index is 198. The summed E-state index contributed by atoms with van der Waals surface area (Å²) in [5, 5.41) is 3.62. The zero-order valence-electron chi connectivity index (χ0n) is 10.0. The van der Waals surface area contributed by atoms with Crippen molar-refractivity contribution in [1.82, 2.24) is 10.2 Å².